The summed E-state index contributed by atoms with van der Waals surface area (Å²) in [5.41, 5.74) is 0. The molecule has 0 bridgehead atoms. The molecule has 0 rings (SSSR count). The number of oxime groups is 1. The van der Waals surface area contributed by atoms with Crippen LogP contribution in [0.4, 0.5) is 0 Å². The van der Waals surface area contributed by atoms with E-state index in [9.17, 15) is 4.79 Å². The molecule has 0 aromatic heterocycles. The van der Waals surface area contributed by atoms with Gasteiger partial charge in [0, 0.05) is 0 Å². The van der Waals surface area contributed by atoms with E-state index in [1.807, 2.05) is 12.5 Å². The number of hydrogen-bond donors (Lipinski definition) is 1. The monoisotopic (exact) mass is 227 g/mol. The second-order valence-electron chi connectivity index (χ2n) is 1.84. The number of Topliss-reactive ketones (excluding diaryl/α,β-unsaturated/α-hetero) is 1. The summed E-state index contributed by atoms with van der Waals surface area (Å²) in [6.45, 7) is 0. The molecular weight excluding hydrogens is 218 g/mol. The lowest BCUT2D eigenvalue weighted by atomic mass is 10.5. The van der Waals surface area contributed by atoms with Crippen LogP contribution in [0.2, 0.25) is 0 Å². The zero-order valence-electron chi connectivity index (χ0n) is 5.87. The molecule has 1 N–H and O–H groups in total. The standard InChI is InChI=1S/C5H9NO2S.BrH/c1-9(2)4-5(7)3-6-8;/h3H,4H2,1-2H3;1H. The molecule has 0 heterocycles. The molecule has 0 atom stereocenters. The highest BCUT2D eigenvalue weighted by Crippen LogP contribution is 1.82. The van der Waals surface area contributed by atoms with Crippen LogP contribution in [0, 0.1) is 0 Å². The van der Waals surface area contributed by atoms with Crippen LogP contribution in [0.15, 0.2) is 5.16 Å². The molecule has 10 heavy (non-hydrogen) atoms. The Morgan fingerprint density at radius 2 is 2.20 bits per heavy atom. The maximum absolute atomic E-state index is 10.6. The van der Waals surface area contributed by atoms with Crippen LogP contribution in [0.5, 0.6) is 0 Å². The average molecular weight is 228 g/mol. The van der Waals surface area contributed by atoms with E-state index >= 15 is 0 Å². The van der Waals surface area contributed by atoms with Crippen molar-refractivity contribution in [2.45, 2.75) is 0 Å². The molecule has 0 aliphatic carbocycles. The minimum absolute atomic E-state index is 0. The summed E-state index contributed by atoms with van der Waals surface area (Å²) in [6, 6.07) is 0. The molecule has 0 aliphatic heterocycles. The third-order valence-corrected chi connectivity index (χ3v) is 1.49. The number of halogens is 1. The van der Waals surface area contributed by atoms with Crippen LogP contribution in [0.1, 0.15) is 0 Å². The average Bonchev–Trinajstić information content (AvgIpc) is 1.63. The fourth-order valence-corrected chi connectivity index (χ4v) is 1.03. The predicted octanol–water partition coefficient (Wildman–Crippen LogP) is -3.10. The summed E-state index contributed by atoms with van der Waals surface area (Å²) in [5, 5.41) is 10.5. The lowest BCUT2D eigenvalue weighted by molar-refractivity contribution is -0.110. The van der Waals surface area contributed by atoms with Crippen molar-refractivity contribution in [2.24, 2.45) is 5.16 Å². The number of carbonyl (C=O) groups is 1. The van der Waals surface area contributed by atoms with Gasteiger partial charge in [-0.1, -0.05) is 5.16 Å². The van der Waals surface area contributed by atoms with Crippen molar-refractivity contribution in [2.75, 3.05) is 18.3 Å². The number of hydrogen-bond acceptors (Lipinski definition) is 3. The Labute approximate surface area is 73.6 Å². The van der Waals surface area contributed by atoms with E-state index in [1.165, 1.54) is 0 Å². The highest BCUT2D eigenvalue weighted by atomic mass is 79.9. The van der Waals surface area contributed by atoms with Gasteiger partial charge in [-0.3, -0.25) is 4.79 Å². The van der Waals surface area contributed by atoms with Gasteiger partial charge in [-0.25, -0.2) is 0 Å². The first kappa shape index (κ1) is 12.6. The zero-order valence-corrected chi connectivity index (χ0v) is 8.28. The van der Waals surface area contributed by atoms with Gasteiger partial charge in [-0.05, 0) is 10.9 Å². The van der Waals surface area contributed by atoms with Gasteiger partial charge in [-0.15, -0.1) is 0 Å². The van der Waals surface area contributed by atoms with Crippen molar-refractivity contribution in [3.63, 3.8) is 0 Å². The fraction of sp³-hybridized carbons (Fsp3) is 0.600. The first-order valence-corrected chi connectivity index (χ1v) is 4.62. The molecule has 0 spiro atoms. The first-order valence-electron chi connectivity index (χ1n) is 2.41. The largest absolute Gasteiger partial charge is 1.00 e. The number of nitrogens with zero attached hydrogens (tertiary/aromatic N) is 1. The molecule has 0 amide bonds. The summed E-state index contributed by atoms with van der Waals surface area (Å²) in [6.07, 6.45) is 4.86. The fourth-order valence-electron chi connectivity index (χ4n) is 0.386. The summed E-state index contributed by atoms with van der Waals surface area (Å²) in [4.78, 5) is 10.6. The second kappa shape index (κ2) is 7.08. The van der Waals surface area contributed by atoms with Crippen molar-refractivity contribution in [3.05, 3.63) is 0 Å². The van der Waals surface area contributed by atoms with Crippen LogP contribution in [0.3, 0.4) is 0 Å². The molecule has 0 aromatic carbocycles. The predicted molar refractivity (Wildman–Crippen MR) is 39.4 cm³/mol. The van der Waals surface area contributed by atoms with E-state index in [2.05, 4.69) is 5.16 Å². The van der Waals surface area contributed by atoms with Crippen molar-refractivity contribution >= 4 is 22.9 Å². The Morgan fingerprint density at radius 1 is 1.70 bits per heavy atom. The summed E-state index contributed by atoms with van der Waals surface area (Å²) in [7, 11) is 0.101. The molecule has 0 aliphatic rings. The molecule has 0 fully saturated rings. The molecule has 0 saturated carbocycles. The zero-order chi connectivity index (χ0) is 7.28. The maximum atomic E-state index is 10.6. The van der Waals surface area contributed by atoms with Crippen molar-refractivity contribution in [1.82, 2.24) is 0 Å². The molecule has 0 aromatic rings. The number of ketones is 1. The molecule has 0 saturated heterocycles. The smallest absolute Gasteiger partial charge is 0.226 e. The Kier molecular flexibility index (Phi) is 8.94. The van der Waals surface area contributed by atoms with Gasteiger partial charge in [0.2, 0.25) is 5.78 Å². The van der Waals surface area contributed by atoms with E-state index in [-0.39, 0.29) is 33.7 Å². The quantitative estimate of drug-likeness (QED) is 0.241. The Hall–Kier alpha value is -0.0300. The lowest BCUT2D eigenvalue weighted by Gasteiger charge is -1.88. The van der Waals surface area contributed by atoms with Crippen LogP contribution in [-0.4, -0.2) is 35.5 Å². The van der Waals surface area contributed by atoms with Crippen LogP contribution >= 0.6 is 0 Å². The lowest BCUT2D eigenvalue weighted by Crippen LogP contribution is -3.00. The van der Waals surface area contributed by atoms with Gasteiger partial charge in [0.1, 0.15) is 6.21 Å². The maximum Gasteiger partial charge on any atom is 0.226 e. The minimum atomic E-state index is -0.120. The van der Waals surface area contributed by atoms with E-state index in [0.717, 1.165) is 6.21 Å². The molecular formula is C5H10BrNO2S. The van der Waals surface area contributed by atoms with Crippen molar-refractivity contribution in [3.8, 4) is 0 Å². The van der Waals surface area contributed by atoms with Crippen molar-refractivity contribution in [1.29, 1.82) is 0 Å². The molecule has 60 valence electrons. The van der Waals surface area contributed by atoms with E-state index < -0.39 is 0 Å². The first-order chi connectivity index (χ1) is 4.16. The van der Waals surface area contributed by atoms with Crippen molar-refractivity contribution < 1.29 is 27.0 Å². The van der Waals surface area contributed by atoms with Crippen LogP contribution in [0.25, 0.3) is 0 Å². The van der Waals surface area contributed by atoms with Crippen LogP contribution < -0.4 is 17.0 Å². The third kappa shape index (κ3) is 7.97. The number of carbonyl (C=O) groups excluding carboxylic acids is 1. The van der Waals surface area contributed by atoms with Crippen LogP contribution in [-0.2, 0) is 15.7 Å². The Balaban J connectivity index is 0. The molecule has 3 nitrogen and oxygen atoms in total. The summed E-state index contributed by atoms with van der Waals surface area (Å²) >= 11 is 0. The van der Waals surface area contributed by atoms with Gasteiger partial charge in [0.25, 0.3) is 0 Å². The Morgan fingerprint density at radius 3 is 2.50 bits per heavy atom. The topological polar surface area (TPSA) is 49.7 Å². The summed E-state index contributed by atoms with van der Waals surface area (Å²) < 4.78 is 0. The third-order valence-electron chi connectivity index (χ3n) is 0.633. The van der Waals surface area contributed by atoms with E-state index in [1.54, 1.807) is 0 Å². The van der Waals surface area contributed by atoms with E-state index in [0.29, 0.717) is 5.75 Å². The minimum Gasteiger partial charge on any atom is -1.00 e. The highest BCUT2D eigenvalue weighted by Gasteiger charge is 2.08. The van der Waals surface area contributed by atoms with Gasteiger partial charge in [0.05, 0.1) is 12.5 Å². The molecule has 5 heteroatoms. The second-order valence-corrected chi connectivity index (χ2v) is 4.10. The highest BCUT2D eigenvalue weighted by molar-refractivity contribution is 7.96. The van der Waals surface area contributed by atoms with Gasteiger partial charge < -0.3 is 22.2 Å². The SMILES string of the molecule is C[S+](C)CC(=O)/C=N/O.[Br-]. The van der Waals surface area contributed by atoms with Gasteiger partial charge in [-0.2, -0.15) is 0 Å². The molecule has 0 radical (unpaired) electrons. The summed E-state index contributed by atoms with van der Waals surface area (Å²) in [5.74, 6) is 0.357. The normalized spacial score (nSPS) is 9.90. The van der Waals surface area contributed by atoms with Gasteiger partial charge in [0.15, 0.2) is 5.75 Å². The Bertz CT molecular complexity index is 127. The van der Waals surface area contributed by atoms with E-state index in [4.69, 9.17) is 5.21 Å². The molecule has 0 unspecified atom stereocenters. The number of rotatable bonds is 3. The van der Waals surface area contributed by atoms with Gasteiger partial charge >= 0.3 is 0 Å².